The Kier molecular flexibility index (Phi) is 5.57. The van der Waals surface area contributed by atoms with Gasteiger partial charge in [-0.3, -0.25) is 4.79 Å². The van der Waals surface area contributed by atoms with Crippen molar-refractivity contribution >= 4 is 5.91 Å². The lowest BCUT2D eigenvalue weighted by molar-refractivity contribution is -0.116. The van der Waals surface area contributed by atoms with Crippen molar-refractivity contribution in [2.45, 2.75) is 65.0 Å². The molecule has 6 heteroatoms. The third-order valence-corrected chi connectivity index (χ3v) is 4.48. The molecule has 0 bridgehead atoms. The third kappa shape index (κ3) is 5.46. The minimum Gasteiger partial charge on any atom is -0.390 e. The number of carbonyl (C=O) groups is 1. The van der Waals surface area contributed by atoms with E-state index in [1.807, 2.05) is 27.0 Å². The molecule has 1 aromatic rings. The zero-order valence-corrected chi connectivity index (χ0v) is 14.5. The molecule has 1 saturated carbocycles. The number of nitrogens with one attached hydrogen (secondary N) is 1. The van der Waals surface area contributed by atoms with Crippen molar-refractivity contribution in [1.82, 2.24) is 20.3 Å². The van der Waals surface area contributed by atoms with Crippen LogP contribution in [0.3, 0.4) is 0 Å². The fourth-order valence-electron chi connectivity index (χ4n) is 2.38. The second-order valence-electron chi connectivity index (χ2n) is 6.97. The Morgan fingerprint density at radius 3 is 2.91 bits per heavy atom. The van der Waals surface area contributed by atoms with Crippen LogP contribution in [0.5, 0.6) is 0 Å². The van der Waals surface area contributed by atoms with Crippen molar-refractivity contribution in [2.75, 3.05) is 6.54 Å². The van der Waals surface area contributed by atoms with Crippen LogP contribution >= 0.6 is 0 Å². The number of nitrogens with zero attached hydrogens (tertiary/aromatic N) is 3. The molecule has 2 rings (SSSR count). The van der Waals surface area contributed by atoms with E-state index < -0.39 is 5.60 Å². The molecule has 2 N–H and O–H groups in total. The summed E-state index contributed by atoms with van der Waals surface area (Å²) >= 11 is 0. The van der Waals surface area contributed by atoms with Gasteiger partial charge in [-0.2, -0.15) is 0 Å². The highest BCUT2D eigenvalue weighted by atomic mass is 16.3. The number of hydrogen-bond acceptors (Lipinski definition) is 4. The number of aromatic nitrogens is 3. The van der Waals surface area contributed by atoms with E-state index in [9.17, 15) is 9.90 Å². The quantitative estimate of drug-likeness (QED) is 0.718. The van der Waals surface area contributed by atoms with Crippen LogP contribution in [0.25, 0.3) is 0 Å². The van der Waals surface area contributed by atoms with E-state index in [1.165, 1.54) is 18.4 Å². The predicted molar refractivity (Wildman–Crippen MR) is 88.8 cm³/mol. The summed E-state index contributed by atoms with van der Waals surface area (Å²) in [7, 11) is 0. The molecule has 128 valence electrons. The van der Waals surface area contributed by atoms with Gasteiger partial charge in [-0.05, 0) is 46.0 Å². The highest BCUT2D eigenvalue weighted by molar-refractivity contribution is 5.88. The molecule has 2 atom stereocenters. The third-order valence-electron chi connectivity index (χ3n) is 4.48. The van der Waals surface area contributed by atoms with Crippen LogP contribution in [0.1, 0.15) is 58.7 Å². The summed E-state index contributed by atoms with van der Waals surface area (Å²) < 4.78 is 1.73. The molecule has 6 nitrogen and oxygen atoms in total. The topological polar surface area (TPSA) is 80.0 Å². The second-order valence-corrected chi connectivity index (χ2v) is 6.97. The van der Waals surface area contributed by atoms with Gasteiger partial charge in [0.15, 0.2) is 0 Å². The number of allylic oxidation sites excluding steroid dienone is 1. The lowest BCUT2D eigenvalue weighted by Gasteiger charge is -2.19. The predicted octanol–water partition coefficient (Wildman–Crippen LogP) is 2.02. The minimum atomic E-state index is -0.760. The summed E-state index contributed by atoms with van der Waals surface area (Å²) in [6, 6.07) is 0.0152. The standard InChI is InChI=1S/C17H28N4O2/c1-5-17(4,23)9-15-11-21(20-19-15)13(3)10-18-16(22)8-12(2)14-6-7-14/h8,11,13-14,23H,5-7,9-10H2,1-4H3,(H,18,22)/b12-8+. The van der Waals surface area contributed by atoms with Gasteiger partial charge >= 0.3 is 0 Å². The maximum absolute atomic E-state index is 11.9. The maximum Gasteiger partial charge on any atom is 0.244 e. The van der Waals surface area contributed by atoms with Crippen molar-refractivity contribution in [3.05, 3.63) is 23.5 Å². The van der Waals surface area contributed by atoms with E-state index >= 15 is 0 Å². The minimum absolute atomic E-state index is 0.0152. The molecule has 0 radical (unpaired) electrons. The summed E-state index contributed by atoms with van der Waals surface area (Å²) in [5.41, 5.74) is 1.17. The van der Waals surface area contributed by atoms with Gasteiger partial charge in [0.25, 0.3) is 0 Å². The Hall–Kier alpha value is -1.69. The zero-order valence-electron chi connectivity index (χ0n) is 14.5. The van der Waals surface area contributed by atoms with Gasteiger partial charge in [-0.15, -0.1) is 5.10 Å². The Balaban J connectivity index is 1.83. The van der Waals surface area contributed by atoms with Crippen molar-refractivity contribution in [3.8, 4) is 0 Å². The van der Waals surface area contributed by atoms with Crippen LogP contribution in [-0.2, 0) is 11.2 Å². The first-order valence-corrected chi connectivity index (χ1v) is 8.40. The van der Waals surface area contributed by atoms with E-state index in [0.717, 1.165) is 5.69 Å². The number of carbonyl (C=O) groups excluding carboxylic acids is 1. The van der Waals surface area contributed by atoms with E-state index in [0.29, 0.717) is 25.3 Å². The van der Waals surface area contributed by atoms with Gasteiger partial charge in [0.1, 0.15) is 0 Å². The van der Waals surface area contributed by atoms with Crippen LogP contribution in [0.15, 0.2) is 17.8 Å². The van der Waals surface area contributed by atoms with E-state index in [-0.39, 0.29) is 11.9 Å². The molecule has 2 unspecified atom stereocenters. The smallest absolute Gasteiger partial charge is 0.244 e. The molecule has 0 spiro atoms. The molecule has 1 heterocycles. The molecule has 0 saturated heterocycles. The number of aliphatic hydroxyl groups is 1. The van der Waals surface area contributed by atoms with Gasteiger partial charge in [0.05, 0.1) is 17.3 Å². The molecule has 1 aromatic heterocycles. The van der Waals surface area contributed by atoms with E-state index in [4.69, 9.17) is 0 Å². The molecule has 1 aliphatic carbocycles. The van der Waals surface area contributed by atoms with Gasteiger partial charge in [-0.1, -0.05) is 17.7 Å². The number of amides is 1. The van der Waals surface area contributed by atoms with Crippen LogP contribution in [0.4, 0.5) is 0 Å². The Morgan fingerprint density at radius 2 is 2.30 bits per heavy atom. The number of rotatable bonds is 8. The molecular weight excluding hydrogens is 292 g/mol. The zero-order chi connectivity index (χ0) is 17.0. The Morgan fingerprint density at radius 1 is 1.61 bits per heavy atom. The van der Waals surface area contributed by atoms with Gasteiger partial charge < -0.3 is 10.4 Å². The highest BCUT2D eigenvalue weighted by Gasteiger charge is 2.23. The maximum atomic E-state index is 11.9. The monoisotopic (exact) mass is 320 g/mol. The average molecular weight is 320 g/mol. The molecule has 1 amide bonds. The summed E-state index contributed by atoms with van der Waals surface area (Å²) in [4.78, 5) is 11.9. The summed E-state index contributed by atoms with van der Waals surface area (Å²) in [5, 5.41) is 21.2. The molecule has 1 aliphatic rings. The van der Waals surface area contributed by atoms with Crippen molar-refractivity contribution < 1.29 is 9.90 Å². The normalized spacial score (nSPS) is 19.3. The average Bonchev–Trinajstić information content (AvgIpc) is 3.25. The van der Waals surface area contributed by atoms with Crippen LogP contribution in [0.2, 0.25) is 0 Å². The van der Waals surface area contributed by atoms with E-state index in [2.05, 4.69) is 15.6 Å². The molecule has 0 aromatic carbocycles. The van der Waals surface area contributed by atoms with E-state index in [1.54, 1.807) is 17.7 Å². The Bertz CT molecular complexity index is 573. The summed E-state index contributed by atoms with van der Waals surface area (Å²) in [6.07, 6.45) is 7.09. The SMILES string of the molecule is CCC(C)(O)Cc1cn(C(C)CNC(=O)/C=C(\C)C2CC2)nn1. The second kappa shape index (κ2) is 7.25. The van der Waals surface area contributed by atoms with Gasteiger partial charge in [-0.25, -0.2) is 4.68 Å². The van der Waals surface area contributed by atoms with Gasteiger partial charge in [0.2, 0.25) is 5.91 Å². The lowest BCUT2D eigenvalue weighted by Crippen LogP contribution is -2.28. The van der Waals surface area contributed by atoms with Crippen LogP contribution < -0.4 is 5.32 Å². The molecule has 23 heavy (non-hydrogen) atoms. The lowest BCUT2D eigenvalue weighted by atomic mass is 9.98. The summed E-state index contributed by atoms with van der Waals surface area (Å²) in [5.74, 6) is 0.568. The first-order valence-electron chi connectivity index (χ1n) is 8.40. The first-order chi connectivity index (χ1) is 10.8. The summed E-state index contributed by atoms with van der Waals surface area (Å²) in [6.45, 7) is 8.24. The fraction of sp³-hybridized carbons (Fsp3) is 0.706. The van der Waals surface area contributed by atoms with Crippen LogP contribution in [-0.4, -0.2) is 38.2 Å². The highest BCUT2D eigenvalue weighted by Crippen LogP contribution is 2.35. The van der Waals surface area contributed by atoms with Crippen molar-refractivity contribution in [3.63, 3.8) is 0 Å². The molecule has 0 aliphatic heterocycles. The van der Waals surface area contributed by atoms with Gasteiger partial charge in [0, 0.05) is 25.2 Å². The number of hydrogen-bond donors (Lipinski definition) is 2. The Labute approximate surface area is 138 Å². The largest absolute Gasteiger partial charge is 0.390 e. The fourth-order valence-corrected chi connectivity index (χ4v) is 2.38. The first kappa shape index (κ1) is 17.7. The molecule has 1 fully saturated rings. The molecular formula is C17H28N4O2. The van der Waals surface area contributed by atoms with Crippen molar-refractivity contribution in [2.24, 2.45) is 5.92 Å². The van der Waals surface area contributed by atoms with Crippen LogP contribution in [0, 0.1) is 5.92 Å². The van der Waals surface area contributed by atoms with Crippen molar-refractivity contribution in [1.29, 1.82) is 0 Å².